The fourth-order valence-corrected chi connectivity index (χ4v) is 3.74. The van der Waals surface area contributed by atoms with Crippen LogP contribution in [0.15, 0.2) is 30.3 Å². The van der Waals surface area contributed by atoms with Gasteiger partial charge in [-0.05, 0) is 25.0 Å². The first-order valence-electron chi connectivity index (χ1n) is 7.52. The van der Waals surface area contributed by atoms with Gasteiger partial charge in [0.2, 0.25) is 0 Å². The predicted molar refractivity (Wildman–Crippen MR) is 86.2 cm³/mol. The molecule has 2 fully saturated rings. The molecular weight excluding hydrogens is 268 g/mol. The molecule has 0 aromatic heterocycles. The summed E-state index contributed by atoms with van der Waals surface area (Å²) in [6.45, 7) is 3.83. The second kappa shape index (κ2) is 6.66. The fourth-order valence-electron chi connectivity index (χ4n) is 3.35. The number of hydrogen-bond donors (Lipinski definition) is 1. The van der Waals surface area contributed by atoms with Crippen molar-refractivity contribution in [3.63, 3.8) is 0 Å². The molecule has 0 unspecified atom stereocenters. The third-order valence-corrected chi connectivity index (χ3v) is 4.78. The predicted octanol–water partition coefficient (Wildman–Crippen LogP) is 2.93. The molecule has 1 aliphatic carbocycles. The number of rotatable bonds is 3. The van der Waals surface area contributed by atoms with E-state index >= 15 is 0 Å². The van der Waals surface area contributed by atoms with Gasteiger partial charge in [-0.25, -0.2) is 0 Å². The Bertz CT molecular complexity index is 445. The van der Waals surface area contributed by atoms with E-state index in [1.165, 1.54) is 19.3 Å². The number of morpholine rings is 1. The molecule has 0 radical (unpaired) electrons. The Balaban J connectivity index is 1.64. The molecule has 1 saturated carbocycles. The van der Waals surface area contributed by atoms with E-state index in [0.29, 0.717) is 12.0 Å². The monoisotopic (exact) mass is 290 g/mol. The highest BCUT2D eigenvalue weighted by molar-refractivity contribution is 7.80. The normalized spacial score (nSPS) is 27.4. The molecule has 2 atom stereocenters. The average molecular weight is 290 g/mol. The van der Waals surface area contributed by atoms with E-state index in [4.69, 9.17) is 17.0 Å². The summed E-state index contributed by atoms with van der Waals surface area (Å²) >= 11 is 5.67. The van der Waals surface area contributed by atoms with E-state index in [9.17, 15) is 0 Å². The Morgan fingerprint density at radius 3 is 2.65 bits per heavy atom. The van der Waals surface area contributed by atoms with E-state index < -0.39 is 0 Å². The summed E-state index contributed by atoms with van der Waals surface area (Å²) in [4.78, 5) is 3.57. The van der Waals surface area contributed by atoms with Gasteiger partial charge in [0.25, 0.3) is 0 Å². The summed E-state index contributed by atoms with van der Waals surface area (Å²) in [5.74, 6) is 0.489. The van der Waals surface area contributed by atoms with Gasteiger partial charge in [0, 0.05) is 30.7 Å². The van der Waals surface area contributed by atoms with Crippen LogP contribution < -0.4 is 5.32 Å². The first-order chi connectivity index (χ1) is 9.84. The van der Waals surface area contributed by atoms with Crippen LogP contribution in [-0.4, -0.2) is 42.2 Å². The van der Waals surface area contributed by atoms with Gasteiger partial charge in [0.05, 0.1) is 18.2 Å². The SMILES string of the molecule is S=C(Nc1ccccc1)[C@@H]1CCC[C@H]1N1CCOCC1. The van der Waals surface area contributed by atoms with Crippen LogP contribution in [0.25, 0.3) is 0 Å². The highest BCUT2D eigenvalue weighted by Gasteiger charge is 2.35. The summed E-state index contributed by atoms with van der Waals surface area (Å²) in [6, 6.07) is 10.9. The van der Waals surface area contributed by atoms with Crippen molar-refractivity contribution in [1.29, 1.82) is 0 Å². The van der Waals surface area contributed by atoms with Crippen molar-refractivity contribution in [1.82, 2.24) is 4.90 Å². The van der Waals surface area contributed by atoms with Gasteiger partial charge in [-0.15, -0.1) is 0 Å². The molecule has 1 N–H and O–H groups in total. The van der Waals surface area contributed by atoms with Crippen molar-refractivity contribution in [2.24, 2.45) is 5.92 Å². The molecule has 3 rings (SSSR count). The van der Waals surface area contributed by atoms with Crippen molar-refractivity contribution in [2.75, 3.05) is 31.6 Å². The lowest BCUT2D eigenvalue weighted by Crippen LogP contribution is -2.47. The molecule has 0 amide bonds. The number of thiocarbonyl (C=S) groups is 1. The quantitative estimate of drug-likeness (QED) is 0.865. The number of nitrogens with zero attached hydrogens (tertiary/aromatic N) is 1. The summed E-state index contributed by atoms with van der Waals surface area (Å²) < 4.78 is 5.46. The minimum absolute atomic E-state index is 0.489. The standard InChI is InChI=1S/C16H22N2OS/c20-16(17-13-5-2-1-3-6-13)14-7-4-8-15(14)18-9-11-19-12-10-18/h1-3,5-6,14-15H,4,7-12H2,(H,17,20)/t14-,15-/m1/s1. The fraction of sp³-hybridized carbons (Fsp3) is 0.562. The van der Waals surface area contributed by atoms with E-state index in [1.54, 1.807) is 0 Å². The maximum absolute atomic E-state index is 5.67. The summed E-state index contributed by atoms with van der Waals surface area (Å²) in [6.07, 6.45) is 3.76. The summed E-state index contributed by atoms with van der Waals surface area (Å²) in [5.41, 5.74) is 1.10. The molecule has 2 aliphatic rings. The van der Waals surface area contributed by atoms with Gasteiger partial charge in [0.1, 0.15) is 0 Å². The number of ether oxygens (including phenoxy) is 1. The molecule has 108 valence electrons. The third kappa shape index (κ3) is 3.19. The second-order valence-corrected chi connectivity index (χ2v) is 6.05. The van der Waals surface area contributed by atoms with Crippen molar-refractivity contribution < 1.29 is 4.74 Å². The van der Waals surface area contributed by atoms with Gasteiger partial charge in [-0.1, -0.05) is 36.8 Å². The maximum Gasteiger partial charge on any atom is 0.0844 e. The minimum atomic E-state index is 0.489. The highest BCUT2D eigenvalue weighted by atomic mass is 32.1. The smallest absolute Gasteiger partial charge is 0.0844 e. The van der Waals surface area contributed by atoms with Crippen LogP contribution in [-0.2, 0) is 4.74 Å². The molecule has 3 nitrogen and oxygen atoms in total. The number of hydrogen-bond acceptors (Lipinski definition) is 3. The van der Waals surface area contributed by atoms with E-state index in [2.05, 4.69) is 22.3 Å². The van der Waals surface area contributed by atoms with E-state index in [1.807, 2.05) is 18.2 Å². The molecule has 4 heteroatoms. The third-order valence-electron chi connectivity index (χ3n) is 4.37. The lowest BCUT2D eigenvalue weighted by atomic mass is 10.0. The Labute approximate surface area is 126 Å². The van der Waals surface area contributed by atoms with Crippen LogP contribution in [0.4, 0.5) is 5.69 Å². The molecule has 0 spiro atoms. The highest BCUT2D eigenvalue weighted by Crippen LogP contribution is 2.32. The molecule has 1 aliphatic heterocycles. The molecule has 1 heterocycles. The van der Waals surface area contributed by atoms with Crippen LogP contribution in [0.2, 0.25) is 0 Å². The van der Waals surface area contributed by atoms with Crippen LogP contribution in [0.3, 0.4) is 0 Å². The Morgan fingerprint density at radius 2 is 1.90 bits per heavy atom. The van der Waals surface area contributed by atoms with Crippen molar-refractivity contribution in [2.45, 2.75) is 25.3 Å². The molecule has 1 aromatic rings. The van der Waals surface area contributed by atoms with E-state index in [0.717, 1.165) is 37.0 Å². The largest absolute Gasteiger partial charge is 0.379 e. The summed E-state index contributed by atoms with van der Waals surface area (Å²) in [7, 11) is 0. The zero-order chi connectivity index (χ0) is 13.8. The number of anilines is 1. The van der Waals surface area contributed by atoms with Crippen LogP contribution in [0, 0.1) is 5.92 Å². The zero-order valence-electron chi connectivity index (χ0n) is 11.8. The second-order valence-electron chi connectivity index (χ2n) is 5.61. The van der Waals surface area contributed by atoms with Crippen molar-refractivity contribution in [3.05, 3.63) is 30.3 Å². The maximum atomic E-state index is 5.67. The zero-order valence-corrected chi connectivity index (χ0v) is 12.6. The average Bonchev–Trinajstić information content (AvgIpc) is 2.99. The lowest BCUT2D eigenvalue weighted by molar-refractivity contribution is 0.0137. The molecular formula is C16H22N2OS. The van der Waals surface area contributed by atoms with Crippen molar-refractivity contribution >= 4 is 22.9 Å². The number of benzene rings is 1. The van der Waals surface area contributed by atoms with Crippen LogP contribution >= 0.6 is 12.2 Å². The first-order valence-corrected chi connectivity index (χ1v) is 7.93. The number of nitrogens with one attached hydrogen (secondary N) is 1. The molecule has 1 aromatic carbocycles. The summed E-state index contributed by atoms with van der Waals surface area (Å²) in [5, 5.41) is 3.43. The van der Waals surface area contributed by atoms with Gasteiger partial charge in [0.15, 0.2) is 0 Å². The Kier molecular flexibility index (Phi) is 4.65. The molecule has 20 heavy (non-hydrogen) atoms. The Morgan fingerprint density at radius 1 is 1.15 bits per heavy atom. The van der Waals surface area contributed by atoms with Gasteiger partial charge in [-0.3, -0.25) is 4.90 Å². The van der Waals surface area contributed by atoms with E-state index in [-0.39, 0.29) is 0 Å². The first kappa shape index (κ1) is 14.0. The van der Waals surface area contributed by atoms with Crippen LogP contribution in [0.1, 0.15) is 19.3 Å². The lowest BCUT2D eigenvalue weighted by Gasteiger charge is -2.35. The minimum Gasteiger partial charge on any atom is -0.379 e. The number of para-hydroxylation sites is 1. The van der Waals surface area contributed by atoms with Gasteiger partial charge < -0.3 is 10.1 Å². The van der Waals surface area contributed by atoms with Gasteiger partial charge >= 0.3 is 0 Å². The molecule has 0 bridgehead atoms. The molecule has 1 saturated heterocycles. The van der Waals surface area contributed by atoms with Crippen molar-refractivity contribution in [3.8, 4) is 0 Å². The topological polar surface area (TPSA) is 24.5 Å². The van der Waals surface area contributed by atoms with Crippen LogP contribution in [0.5, 0.6) is 0 Å². The Hall–Kier alpha value is -0.970. The van der Waals surface area contributed by atoms with Gasteiger partial charge in [-0.2, -0.15) is 0 Å².